The van der Waals surface area contributed by atoms with Crippen molar-refractivity contribution < 1.29 is 5.11 Å². The van der Waals surface area contributed by atoms with E-state index in [1.54, 1.807) is 0 Å². The third kappa shape index (κ3) is 4.93. The largest absolute Gasteiger partial charge is 0.393 e. The van der Waals surface area contributed by atoms with E-state index < -0.39 is 0 Å². The van der Waals surface area contributed by atoms with Gasteiger partial charge in [0, 0.05) is 0 Å². The molecular formula is C35H53NO. The first-order chi connectivity index (χ1) is 17.7. The van der Waals surface area contributed by atoms with Crippen LogP contribution in [0.1, 0.15) is 116 Å². The number of aliphatic hydroxyl groups excluding tert-OH is 1. The highest BCUT2D eigenvalue weighted by atomic mass is 16.3. The maximum Gasteiger partial charge on any atom is 0.0991 e. The van der Waals surface area contributed by atoms with Gasteiger partial charge in [0.1, 0.15) is 0 Å². The lowest BCUT2D eigenvalue weighted by Crippen LogP contribution is -2.57. The molecule has 0 aromatic heterocycles. The van der Waals surface area contributed by atoms with Crippen molar-refractivity contribution in [2.45, 2.75) is 118 Å². The van der Waals surface area contributed by atoms with Crippen LogP contribution in [0.15, 0.2) is 24.3 Å². The van der Waals surface area contributed by atoms with E-state index in [4.69, 9.17) is 0 Å². The molecule has 4 saturated carbocycles. The highest BCUT2D eigenvalue weighted by Gasteiger charge is 2.61. The zero-order valence-electron chi connectivity index (χ0n) is 24.4. The number of nitrogens with zero attached hydrogens (tertiary/aromatic N) is 1. The molecule has 2 nitrogen and oxygen atoms in total. The van der Waals surface area contributed by atoms with E-state index in [-0.39, 0.29) is 6.10 Å². The standard InChI is InChI=1S/C35H53NO/c1-23(2)7-6-8-24(3)29-15-16-30-27-13-14-31-28(21-25-9-11-26(22-36)12-10-25)33(37)18-20-35(31,5)32(27)17-19-34(29,30)4/h9-12,23-24,27-33,37H,6-8,13-21H2,1-5H3/t24-,27+,28?,29-,30+,31?,32+,33?,34-,35+/m1/s1. The van der Waals surface area contributed by atoms with Crippen LogP contribution in [0, 0.1) is 69.5 Å². The van der Waals surface area contributed by atoms with Crippen molar-refractivity contribution in [1.29, 1.82) is 5.26 Å². The minimum absolute atomic E-state index is 0.179. The Kier molecular flexibility index (Phi) is 7.86. The van der Waals surface area contributed by atoms with Gasteiger partial charge in [0.25, 0.3) is 0 Å². The molecule has 37 heavy (non-hydrogen) atoms. The van der Waals surface area contributed by atoms with Crippen molar-refractivity contribution in [3.63, 3.8) is 0 Å². The van der Waals surface area contributed by atoms with Crippen LogP contribution in [0.25, 0.3) is 0 Å². The lowest BCUT2D eigenvalue weighted by Gasteiger charge is -2.63. The van der Waals surface area contributed by atoms with E-state index in [9.17, 15) is 10.4 Å². The van der Waals surface area contributed by atoms with Gasteiger partial charge >= 0.3 is 0 Å². The van der Waals surface area contributed by atoms with Gasteiger partial charge in [-0.05, 0) is 134 Å². The molecule has 0 bridgehead atoms. The molecule has 4 fully saturated rings. The molecule has 0 radical (unpaired) electrons. The van der Waals surface area contributed by atoms with Crippen LogP contribution in [0.5, 0.6) is 0 Å². The van der Waals surface area contributed by atoms with Gasteiger partial charge in [-0.15, -0.1) is 0 Å². The fourth-order valence-electron chi connectivity index (χ4n) is 10.8. The number of fused-ring (bicyclic) bond motifs is 5. The Morgan fingerprint density at radius 1 is 0.865 bits per heavy atom. The van der Waals surface area contributed by atoms with E-state index in [0.717, 1.165) is 53.9 Å². The van der Waals surface area contributed by atoms with E-state index in [0.29, 0.717) is 22.7 Å². The smallest absolute Gasteiger partial charge is 0.0991 e. The summed E-state index contributed by atoms with van der Waals surface area (Å²) in [6, 6.07) is 10.4. The van der Waals surface area contributed by atoms with E-state index >= 15 is 0 Å². The van der Waals surface area contributed by atoms with Crippen LogP contribution < -0.4 is 0 Å². The molecule has 3 unspecified atom stereocenters. The zero-order chi connectivity index (χ0) is 26.4. The molecule has 4 aliphatic carbocycles. The Bertz CT molecular complexity index is 960. The topological polar surface area (TPSA) is 44.0 Å². The average molecular weight is 504 g/mol. The average Bonchev–Trinajstić information content (AvgIpc) is 3.23. The predicted octanol–water partition coefficient (Wildman–Crippen LogP) is 8.81. The first-order valence-corrected chi connectivity index (χ1v) is 15.8. The molecule has 0 spiro atoms. The number of nitriles is 1. The maximum atomic E-state index is 11.2. The first kappa shape index (κ1) is 27.2. The molecule has 1 aromatic carbocycles. The van der Waals surface area contributed by atoms with Crippen LogP contribution in [-0.4, -0.2) is 11.2 Å². The fraction of sp³-hybridized carbons (Fsp3) is 0.800. The number of hydrogen-bond donors (Lipinski definition) is 1. The quantitative estimate of drug-likeness (QED) is 0.404. The van der Waals surface area contributed by atoms with Crippen LogP contribution in [-0.2, 0) is 6.42 Å². The summed E-state index contributed by atoms with van der Waals surface area (Å²) in [5, 5.41) is 20.4. The van der Waals surface area contributed by atoms with Crippen molar-refractivity contribution in [2.24, 2.45) is 58.2 Å². The van der Waals surface area contributed by atoms with Gasteiger partial charge in [0.15, 0.2) is 0 Å². The molecule has 0 amide bonds. The fourth-order valence-corrected chi connectivity index (χ4v) is 10.8. The van der Waals surface area contributed by atoms with Crippen molar-refractivity contribution in [3.8, 4) is 6.07 Å². The third-order valence-corrected chi connectivity index (χ3v) is 12.7. The van der Waals surface area contributed by atoms with Gasteiger partial charge in [-0.1, -0.05) is 66.0 Å². The van der Waals surface area contributed by atoms with Crippen molar-refractivity contribution in [2.75, 3.05) is 0 Å². The second-order valence-electron chi connectivity index (χ2n) is 14.9. The highest BCUT2D eigenvalue weighted by molar-refractivity contribution is 5.32. The monoisotopic (exact) mass is 503 g/mol. The van der Waals surface area contributed by atoms with Gasteiger partial charge in [-0.3, -0.25) is 0 Å². The summed E-state index contributed by atoms with van der Waals surface area (Å²) in [4.78, 5) is 0. The lowest BCUT2D eigenvalue weighted by molar-refractivity contribution is -0.152. The van der Waals surface area contributed by atoms with E-state index in [1.807, 2.05) is 12.1 Å². The number of rotatable bonds is 7. The van der Waals surface area contributed by atoms with Gasteiger partial charge < -0.3 is 5.11 Å². The van der Waals surface area contributed by atoms with Crippen molar-refractivity contribution >= 4 is 0 Å². The van der Waals surface area contributed by atoms with Crippen LogP contribution in [0.4, 0.5) is 0 Å². The molecule has 0 aliphatic heterocycles. The molecule has 2 heteroatoms. The number of hydrogen-bond acceptors (Lipinski definition) is 2. The Balaban J connectivity index is 1.31. The Morgan fingerprint density at radius 2 is 1.54 bits per heavy atom. The maximum absolute atomic E-state index is 11.2. The van der Waals surface area contributed by atoms with Gasteiger partial charge in [0.2, 0.25) is 0 Å². The summed E-state index contributed by atoms with van der Waals surface area (Å²) in [6.07, 6.45) is 15.6. The zero-order valence-corrected chi connectivity index (χ0v) is 24.4. The molecule has 1 aromatic rings. The SMILES string of the molecule is CC(C)CCC[C@@H](C)[C@H]1CC[C@H]2[C@@H]3CCC4C(Cc5ccc(C#N)cc5)C(O)CC[C@]4(C)[C@H]3CC[C@]12C. The molecule has 4 aliphatic rings. The molecule has 204 valence electrons. The molecule has 0 heterocycles. The summed E-state index contributed by atoms with van der Waals surface area (Å²) in [7, 11) is 0. The molecule has 0 saturated heterocycles. The molecule has 10 atom stereocenters. The highest BCUT2D eigenvalue weighted by Crippen LogP contribution is 2.69. The molecule has 1 N–H and O–H groups in total. The minimum Gasteiger partial charge on any atom is -0.393 e. The molecule has 5 rings (SSSR count). The normalized spacial score (nSPS) is 41.9. The second-order valence-corrected chi connectivity index (χ2v) is 14.9. The Morgan fingerprint density at radius 3 is 2.24 bits per heavy atom. The summed E-state index contributed by atoms with van der Waals surface area (Å²) in [5.41, 5.74) is 2.95. The molecular weight excluding hydrogens is 450 g/mol. The third-order valence-electron chi connectivity index (χ3n) is 12.7. The van der Waals surface area contributed by atoms with Crippen LogP contribution >= 0.6 is 0 Å². The summed E-state index contributed by atoms with van der Waals surface area (Å²) >= 11 is 0. The lowest BCUT2D eigenvalue weighted by atomic mass is 9.42. The Labute approximate surface area is 227 Å². The van der Waals surface area contributed by atoms with Crippen LogP contribution in [0.2, 0.25) is 0 Å². The predicted molar refractivity (Wildman–Crippen MR) is 153 cm³/mol. The van der Waals surface area contributed by atoms with E-state index in [1.165, 1.54) is 69.8 Å². The number of benzene rings is 1. The minimum atomic E-state index is -0.179. The van der Waals surface area contributed by atoms with Crippen LogP contribution in [0.3, 0.4) is 0 Å². The summed E-state index contributed by atoms with van der Waals surface area (Å²) < 4.78 is 0. The Hall–Kier alpha value is -1.33. The summed E-state index contributed by atoms with van der Waals surface area (Å²) in [6.45, 7) is 12.7. The van der Waals surface area contributed by atoms with E-state index in [2.05, 4.69) is 52.8 Å². The second kappa shape index (κ2) is 10.7. The summed E-state index contributed by atoms with van der Waals surface area (Å²) in [5.74, 6) is 6.29. The van der Waals surface area contributed by atoms with Gasteiger partial charge in [-0.2, -0.15) is 5.26 Å². The van der Waals surface area contributed by atoms with Gasteiger partial charge in [0.05, 0.1) is 17.7 Å². The van der Waals surface area contributed by atoms with Gasteiger partial charge in [-0.25, -0.2) is 0 Å². The number of aliphatic hydroxyl groups is 1. The van der Waals surface area contributed by atoms with Crippen molar-refractivity contribution in [3.05, 3.63) is 35.4 Å². The van der Waals surface area contributed by atoms with Crippen molar-refractivity contribution in [1.82, 2.24) is 0 Å². The first-order valence-electron chi connectivity index (χ1n) is 15.8.